The number of aliphatic hydroxyl groups is 1. The smallest absolute Gasteiger partial charge is 0.0472 e. The Hall–Kier alpha value is 0.310. The van der Waals surface area contributed by atoms with Gasteiger partial charge in [0.15, 0.2) is 0 Å². The second-order valence-electron chi connectivity index (χ2n) is 3.74. The van der Waals surface area contributed by atoms with Crippen LogP contribution in [0.15, 0.2) is 0 Å². The Morgan fingerprint density at radius 2 is 2.18 bits per heavy atom. The van der Waals surface area contributed by atoms with Crippen molar-refractivity contribution in [2.75, 3.05) is 12.4 Å². The average molecular weight is 172 g/mol. The fraction of sp³-hybridized carbons (Fsp3) is 1.00. The molecular formula is C9H16OS. The van der Waals surface area contributed by atoms with Crippen molar-refractivity contribution in [1.29, 1.82) is 0 Å². The van der Waals surface area contributed by atoms with E-state index in [1.165, 1.54) is 31.4 Å². The van der Waals surface area contributed by atoms with Crippen LogP contribution in [-0.4, -0.2) is 22.7 Å². The van der Waals surface area contributed by atoms with Crippen LogP contribution >= 0.6 is 11.8 Å². The largest absolute Gasteiger partial charge is 0.396 e. The summed E-state index contributed by atoms with van der Waals surface area (Å²) in [7, 11) is 0. The third-order valence-electron chi connectivity index (χ3n) is 2.88. The van der Waals surface area contributed by atoms with E-state index in [9.17, 15) is 5.11 Å². The highest BCUT2D eigenvalue weighted by molar-refractivity contribution is 8.00. The SMILES string of the molecule is OCC(C1CC1)C1CCCS1. The summed E-state index contributed by atoms with van der Waals surface area (Å²) in [6.45, 7) is 0.433. The van der Waals surface area contributed by atoms with Gasteiger partial charge in [0.2, 0.25) is 0 Å². The van der Waals surface area contributed by atoms with Gasteiger partial charge >= 0.3 is 0 Å². The molecule has 0 radical (unpaired) electrons. The Morgan fingerprint density at radius 3 is 2.64 bits per heavy atom. The van der Waals surface area contributed by atoms with Gasteiger partial charge in [0.05, 0.1) is 0 Å². The van der Waals surface area contributed by atoms with Crippen LogP contribution in [-0.2, 0) is 0 Å². The first-order valence-electron chi connectivity index (χ1n) is 4.64. The van der Waals surface area contributed by atoms with Crippen LogP contribution in [0, 0.1) is 11.8 Å². The van der Waals surface area contributed by atoms with Gasteiger partial charge in [-0.05, 0) is 43.3 Å². The molecule has 1 aliphatic heterocycles. The molecule has 2 aliphatic rings. The summed E-state index contributed by atoms with van der Waals surface area (Å²) in [5, 5.41) is 9.98. The van der Waals surface area contributed by atoms with Crippen LogP contribution in [0.1, 0.15) is 25.7 Å². The van der Waals surface area contributed by atoms with Crippen molar-refractivity contribution < 1.29 is 5.11 Å². The number of hydrogen-bond donors (Lipinski definition) is 1. The zero-order valence-electron chi connectivity index (χ0n) is 6.83. The quantitative estimate of drug-likeness (QED) is 0.701. The van der Waals surface area contributed by atoms with E-state index in [0.29, 0.717) is 12.5 Å². The summed E-state index contributed by atoms with van der Waals surface area (Å²) in [6, 6.07) is 0. The molecule has 64 valence electrons. The summed E-state index contributed by atoms with van der Waals surface area (Å²) >= 11 is 2.08. The molecule has 1 heterocycles. The molecule has 2 rings (SSSR count). The zero-order chi connectivity index (χ0) is 7.68. The topological polar surface area (TPSA) is 20.2 Å². The normalized spacial score (nSPS) is 34.1. The van der Waals surface area contributed by atoms with Crippen molar-refractivity contribution in [3.05, 3.63) is 0 Å². The van der Waals surface area contributed by atoms with E-state index in [0.717, 1.165) is 11.2 Å². The minimum absolute atomic E-state index is 0.433. The highest BCUT2D eigenvalue weighted by atomic mass is 32.2. The van der Waals surface area contributed by atoms with Gasteiger partial charge in [0.25, 0.3) is 0 Å². The van der Waals surface area contributed by atoms with Crippen LogP contribution in [0.2, 0.25) is 0 Å². The summed E-state index contributed by atoms with van der Waals surface area (Å²) in [5.74, 6) is 2.85. The lowest BCUT2D eigenvalue weighted by Gasteiger charge is -2.19. The summed E-state index contributed by atoms with van der Waals surface area (Å²) < 4.78 is 0. The highest BCUT2D eigenvalue weighted by Crippen LogP contribution is 2.44. The van der Waals surface area contributed by atoms with Crippen molar-refractivity contribution >= 4 is 11.8 Å². The van der Waals surface area contributed by atoms with Gasteiger partial charge in [0, 0.05) is 11.9 Å². The Labute approximate surface area is 72.6 Å². The van der Waals surface area contributed by atoms with Gasteiger partial charge < -0.3 is 5.11 Å². The van der Waals surface area contributed by atoms with Crippen LogP contribution < -0.4 is 0 Å². The second kappa shape index (κ2) is 3.36. The van der Waals surface area contributed by atoms with E-state index < -0.39 is 0 Å². The predicted octanol–water partition coefficient (Wildman–Crippen LogP) is 1.90. The van der Waals surface area contributed by atoms with Crippen LogP contribution in [0.4, 0.5) is 0 Å². The molecule has 0 aromatic carbocycles. The number of aliphatic hydroxyl groups excluding tert-OH is 1. The van der Waals surface area contributed by atoms with Gasteiger partial charge in [0.1, 0.15) is 0 Å². The van der Waals surface area contributed by atoms with Crippen molar-refractivity contribution in [3.63, 3.8) is 0 Å². The maximum Gasteiger partial charge on any atom is 0.0472 e. The lowest BCUT2D eigenvalue weighted by molar-refractivity contribution is 0.205. The first kappa shape index (κ1) is 7.93. The molecule has 2 unspecified atom stereocenters. The molecule has 11 heavy (non-hydrogen) atoms. The van der Waals surface area contributed by atoms with E-state index in [2.05, 4.69) is 11.8 Å². The Morgan fingerprint density at radius 1 is 1.36 bits per heavy atom. The van der Waals surface area contributed by atoms with Crippen LogP contribution in [0.25, 0.3) is 0 Å². The molecule has 2 fully saturated rings. The lowest BCUT2D eigenvalue weighted by Crippen LogP contribution is -2.20. The molecule has 0 aromatic heterocycles. The van der Waals surface area contributed by atoms with E-state index in [-0.39, 0.29) is 0 Å². The van der Waals surface area contributed by atoms with Crippen molar-refractivity contribution in [2.24, 2.45) is 11.8 Å². The van der Waals surface area contributed by atoms with Crippen LogP contribution in [0.3, 0.4) is 0 Å². The second-order valence-corrected chi connectivity index (χ2v) is 5.08. The van der Waals surface area contributed by atoms with E-state index >= 15 is 0 Å². The number of thioether (sulfide) groups is 1. The summed E-state index contributed by atoms with van der Waals surface area (Å²) in [5.41, 5.74) is 0. The van der Waals surface area contributed by atoms with E-state index in [4.69, 9.17) is 0 Å². The third-order valence-corrected chi connectivity index (χ3v) is 4.42. The Kier molecular flexibility index (Phi) is 2.42. The molecule has 1 saturated heterocycles. The van der Waals surface area contributed by atoms with Gasteiger partial charge in [-0.15, -0.1) is 0 Å². The minimum atomic E-state index is 0.433. The molecule has 1 nitrogen and oxygen atoms in total. The summed E-state index contributed by atoms with van der Waals surface area (Å²) in [4.78, 5) is 0. The molecule has 0 bridgehead atoms. The molecule has 2 heteroatoms. The van der Waals surface area contributed by atoms with Crippen molar-refractivity contribution in [3.8, 4) is 0 Å². The molecule has 1 saturated carbocycles. The average Bonchev–Trinajstić information content (AvgIpc) is 2.68. The number of hydrogen-bond acceptors (Lipinski definition) is 2. The first-order chi connectivity index (χ1) is 5.42. The Balaban J connectivity index is 1.87. The first-order valence-corrected chi connectivity index (χ1v) is 5.69. The molecular weight excluding hydrogens is 156 g/mol. The maximum absolute atomic E-state index is 9.18. The molecule has 0 spiro atoms. The van der Waals surface area contributed by atoms with Crippen LogP contribution in [0.5, 0.6) is 0 Å². The fourth-order valence-electron chi connectivity index (χ4n) is 2.03. The monoisotopic (exact) mass is 172 g/mol. The van der Waals surface area contributed by atoms with E-state index in [1.54, 1.807) is 0 Å². The standard InChI is InChI=1S/C9H16OS/c10-6-8(7-3-4-7)9-2-1-5-11-9/h7-10H,1-6H2. The van der Waals surface area contributed by atoms with Crippen molar-refractivity contribution in [1.82, 2.24) is 0 Å². The Bertz CT molecular complexity index is 128. The van der Waals surface area contributed by atoms with E-state index in [1.807, 2.05) is 0 Å². The van der Waals surface area contributed by atoms with Gasteiger partial charge in [-0.3, -0.25) is 0 Å². The molecule has 1 N–H and O–H groups in total. The zero-order valence-corrected chi connectivity index (χ0v) is 7.65. The minimum Gasteiger partial charge on any atom is -0.396 e. The van der Waals surface area contributed by atoms with Crippen molar-refractivity contribution in [2.45, 2.75) is 30.9 Å². The van der Waals surface area contributed by atoms with Gasteiger partial charge in [-0.1, -0.05) is 0 Å². The fourth-order valence-corrected chi connectivity index (χ4v) is 3.56. The summed E-state index contributed by atoms with van der Waals surface area (Å²) in [6.07, 6.45) is 5.48. The molecule has 0 aromatic rings. The molecule has 0 amide bonds. The molecule has 2 atom stereocenters. The lowest BCUT2D eigenvalue weighted by atomic mass is 9.98. The highest BCUT2D eigenvalue weighted by Gasteiger charge is 2.37. The molecule has 1 aliphatic carbocycles. The third kappa shape index (κ3) is 1.73. The van der Waals surface area contributed by atoms with Gasteiger partial charge in [-0.2, -0.15) is 11.8 Å². The number of rotatable bonds is 3. The maximum atomic E-state index is 9.18. The van der Waals surface area contributed by atoms with Gasteiger partial charge in [-0.25, -0.2) is 0 Å². The predicted molar refractivity (Wildman–Crippen MR) is 48.8 cm³/mol.